The van der Waals surface area contributed by atoms with Crippen molar-refractivity contribution in [1.82, 2.24) is 15.1 Å². The number of rotatable bonds is 4. The van der Waals surface area contributed by atoms with Gasteiger partial charge in [-0.15, -0.1) is 0 Å². The first-order valence-corrected chi connectivity index (χ1v) is 6.89. The molecule has 3 aromatic rings. The van der Waals surface area contributed by atoms with E-state index in [1.807, 2.05) is 0 Å². The minimum Gasteiger partial charge on any atom is -0.360 e. The fourth-order valence-electron chi connectivity index (χ4n) is 1.99. The molecule has 2 heterocycles. The molecular weight excluding hydrogens is 323 g/mol. The van der Waals surface area contributed by atoms with E-state index in [2.05, 4.69) is 25.8 Å². The Labute approximate surface area is 134 Å². The average molecular weight is 335 g/mol. The van der Waals surface area contributed by atoms with Crippen LogP contribution in [0.3, 0.4) is 0 Å². The molecular formula is C15H12F3N5O. The van der Waals surface area contributed by atoms with Gasteiger partial charge >= 0.3 is 0 Å². The molecule has 0 aliphatic heterocycles. The van der Waals surface area contributed by atoms with E-state index >= 15 is 0 Å². The lowest BCUT2D eigenvalue weighted by Gasteiger charge is -2.09. The highest BCUT2D eigenvalue weighted by molar-refractivity contribution is 5.58. The van der Waals surface area contributed by atoms with Gasteiger partial charge in [0.15, 0.2) is 23.3 Å². The third-order valence-corrected chi connectivity index (χ3v) is 3.02. The molecule has 2 N–H and O–H groups in total. The van der Waals surface area contributed by atoms with Crippen LogP contribution in [0.4, 0.5) is 36.4 Å². The van der Waals surface area contributed by atoms with Gasteiger partial charge in [0, 0.05) is 17.8 Å². The topological polar surface area (TPSA) is 75.9 Å². The molecule has 0 radical (unpaired) electrons. The van der Waals surface area contributed by atoms with Crippen LogP contribution in [0.15, 0.2) is 28.8 Å². The summed E-state index contributed by atoms with van der Waals surface area (Å²) in [5.41, 5.74) is 0.293. The van der Waals surface area contributed by atoms with Crippen LogP contribution in [0.25, 0.3) is 0 Å². The maximum Gasteiger partial charge on any atom is 0.229 e. The molecule has 0 saturated carbocycles. The van der Waals surface area contributed by atoms with Gasteiger partial charge < -0.3 is 15.2 Å². The van der Waals surface area contributed by atoms with Crippen molar-refractivity contribution in [2.75, 3.05) is 10.6 Å². The Morgan fingerprint density at radius 2 is 1.71 bits per heavy atom. The normalized spacial score (nSPS) is 10.7. The van der Waals surface area contributed by atoms with E-state index in [-0.39, 0.29) is 11.6 Å². The van der Waals surface area contributed by atoms with E-state index < -0.39 is 17.5 Å². The van der Waals surface area contributed by atoms with Gasteiger partial charge in [0.25, 0.3) is 0 Å². The van der Waals surface area contributed by atoms with Crippen LogP contribution in [-0.4, -0.2) is 15.1 Å². The minimum absolute atomic E-state index is 0.0163. The van der Waals surface area contributed by atoms with Crippen LogP contribution in [0, 0.1) is 31.3 Å². The van der Waals surface area contributed by atoms with Crippen molar-refractivity contribution in [3.63, 3.8) is 0 Å². The zero-order chi connectivity index (χ0) is 17.3. The molecule has 0 amide bonds. The molecule has 0 spiro atoms. The maximum atomic E-state index is 13.7. The first kappa shape index (κ1) is 15.8. The molecule has 2 aromatic heterocycles. The summed E-state index contributed by atoms with van der Waals surface area (Å²) >= 11 is 0. The summed E-state index contributed by atoms with van der Waals surface area (Å²) in [4.78, 5) is 8.21. The van der Waals surface area contributed by atoms with Crippen molar-refractivity contribution < 1.29 is 17.7 Å². The van der Waals surface area contributed by atoms with Gasteiger partial charge in [-0.05, 0) is 26.0 Å². The van der Waals surface area contributed by atoms with E-state index in [0.29, 0.717) is 23.1 Å². The molecule has 0 aliphatic carbocycles. The predicted octanol–water partition coefficient (Wildman–Crippen LogP) is 3.99. The van der Waals surface area contributed by atoms with Crippen molar-refractivity contribution in [2.24, 2.45) is 0 Å². The molecule has 1 aromatic carbocycles. The van der Waals surface area contributed by atoms with Gasteiger partial charge in [-0.1, -0.05) is 5.16 Å². The minimum atomic E-state index is -1.57. The zero-order valence-electron chi connectivity index (χ0n) is 12.7. The standard InChI is InChI=1S/C15H12F3N5O/c1-7-5-11(21-12-6-8(2)24-23-12)22-15(19-7)20-10-4-3-9(16)13(17)14(10)18/h3-6H,1-2H3,(H2,19,20,21,22,23). The van der Waals surface area contributed by atoms with Gasteiger partial charge in [0.2, 0.25) is 5.95 Å². The van der Waals surface area contributed by atoms with Gasteiger partial charge in [0.05, 0.1) is 5.69 Å². The Morgan fingerprint density at radius 3 is 2.42 bits per heavy atom. The number of nitrogens with zero attached hydrogens (tertiary/aromatic N) is 3. The molecule has 0 atom stereocenters. The molecule has 0 aliphatic rings. The number of anilines is 4. The first-order chi connectivity index (χ1) is 11.4. The fourth-order valence-corrected chi connectivity index (χ4v) is 1.99. The van der Waals surface area contributed by atoms with Crippen molar-refractivity contribution >= 4 is 23.3 Å². The number of hydrogen-bond donors (Lipinski definition) is 2. The summed E-state index contributed by atoms with van der Waals surface area (Å²) in [6.07, 6.45) is 0. The molecule has 124 valence electrons. The van der Waals surface area contributed by atoms with E-state index in [4.69, 9.17) is 4.52 Å². The van der Waals surface area contributed by atoms with E-state index in [0.717, 1.165) is 12.1 Å². The van der Waals surface area contributed by atoms with Crippen molar-refractivity contribution in [2.45, 2.75) is 13.8 Å². The zero-order valence-corrected chi connectivity index (χ0v) is 12.7. The number of benzene rings is 1. The highest BCUT2D eigenvalue weighted by atomic mass is 19.2. The van der Waals surface area contributed by atoms with Gasteiger partial charge in [-0.25, -0.2) is 18.2 Å². The molecule has 6 nitrogen and oxygen atoms in total. The molecule has 3 rings (SSSR count). The second-order valence-electron chi connectivity index (χ2n) is 5.01. The SMILES string of the molecule is Cc1cc(Nc2cc(C)on2)nc(Nc2ccc(F)c(F)c2F)n1. The molecule has 0 unspecified atom stereocenters. The van der Waals surface area contributed by atoms with Crippen molar-refractivity contribution in [3.05, 3.63) is 53.2 Å². The van der Waals surface area contributed by atoms with Crippen LogP contribution >= 0.6 is 0 Å². The lowest BCUT2D eigenvalue weighted by Crippen LogP contribution is -2.05. The van der Waals surface area contributed by atoms with Crippen molar-refractivity contribution in [3.8, 4) is 0 Å². The van der Waals surface area contributed by atoms with Crippen LogP contribution < -0.4 is 10.6 Å². The van der Waals surface area contributed by atoms with Crippen LogP contribution in [-0.2, 0) is 0 Å². The number of aryl methyl sites for hydroxylation is 2. The molecule has 0 bridgehead atoms. The second-order valence-corrected chi connectivity index (χ2v) is 5.01. The summed E-state index contributed by atoms with van der Waals surface area (Å²) < 4.78 is 44.9. The Morgan fingerprint density at radius 1 is 0.917 bits per heavy atom. The average Bonchev–Trinajstić information content (AvgIpc) is 2.92. The Hall–Kier alpha value is -3.10. The lowest BCUT2D eigenvalue weighted by atomic mass is 10.3. The summed E-state index contributed by atoms with van der Waals surface area (Å²) in [5.74, 6) is -2.73. The first-order valence-electron chi connectivity index (χ1n) is 6.89. The number of nitrogens with one attached hydrogen (secondary N) is 2. The predicted molar refractivity (Wildman–Crippen MR) is 80.9 cm³/mol. The van der Waals surface area contributed by atoms with Crippen LogP contribution in [0.1, 0.15) is 11.5 Å². The lowest BCUT2D eigenvalue weighted by molar-refractivity contribution is 0.400. The summed E-state index contributed by atoms with van der Waals surface area (Å²) in [7, 11) is 0. The quantitative estimate of drug-likeness (QED) is 0.702. The Kier molecular flexibility index (Phi) is 4.07. The number of halogens is 3. The Bertz CT molecular complexity index is 897. The molecule has 24 heavy (non-hydrogen) atoms. The van der Waals surface area contributed by atoms with E-state index in [1.165, 1.54) is 0 Å². The smallest absolute Gasteiger partial charge is 0.229 e. The summed E-state index contributed by atoms with van der Waals surface area (Å²) in [6, 6.07) is 5.18. The summed E-state index contributed by atoms with van der Waals surface area (Å²) in [5, 5.41) is 9.20. The van der Waals surface area contributed by atoms with Gasteiger partial charge in [-0.2, -0.15) is 4.98 Å². The second kappa shape index (κ2) is 6.19. The number of aromatic nitrogens is 3. The van der Waals surface area contributed by atoms with E-state index in [9.17, 15) is 13.2 Å². The van der Waals surface area contributed by atoms with E-state index in [1.54, 1.807) is 26.0 Å². The highest BCUT2D eigenvalue weighted by Crippen LogP contribution is 2.23. The third kappa shape index (κ3) is 3.29. The summed E-state index contributed by atoms with van der Waals surface area (Å²) in [6.45, 7) is 3.44. The molecule has 0 saturated heterocycles. The van der Waals surface area contributed by atoms with Gasteiger partial charge in [-0.3, -0.25) is 0 Å². The number of hydrogen-bond acceptors (Lipinski definition) is 6. The van der Waals surface area contributed by atoms with Crippen LogP contribution in [0.2, 0.25) is 0 Å². The largest absolute Gasteiger partial charge is 0.360 e. The van der Waals surface area contributed by atoms with Crippen molar-refractivity contribution in [1.29, 1.82) is 0 Å². The maximum absolute atomic E-state index is 13.7. The molecule has 0 fully saturated rings. The third-order valence-electron chi connectivity index (χ3n) is 3.02. The van der Waals surface area contributed by atoms with Crippen LogP contribution in [0.5, 0.6) is 0 Å². The monoisotopic (exact) mass is 335 g/mol. The Balaban J connectivity index is 1.87. The fraction of sp³-hybridized carbons (Fsp3) is 0.133. The van der Waals surface area contributed by atoms with Gasteiger partial charge in [0.1, 0.15) is 11.6 Å². The molecule has 9 heteroatoms. The highest BCUT2D eigenvalue weighted by Gasteiger charge is 2.14.